The number of rotatable bonds is 10. The summed E-state index contributed by atoms with van der Waals surface area (Å²) in [4.78, 5) is 33.2. The number of guanidine groups is 1. The number of nitrogens with zero attached hydrogens (tertiary/aromatic N) is 1. The van der Waals surface area contributed by atoms with Gasteiger partial charge in [-0.25, -0.2) is 0 Å². The molecule has 8 nitrogen and oxygen atoms in total. The molecule has 4 rings (SSSR count). The number of aromatic amines is 1. The third kappa shape index (κ3) is 6.38. The first kappa shape index (κ1) is 23.8. The molecule has 0 spiro atoms. The topological polar surface area (TPSA) is 138 Å². The number of para-hydroxylation sites is 1. The first-order chi connectivity index (χ1) is 17.0. The van der Waals surface area contributed by atoms with Crippen molar-refractivity contribution >= 4 is 39.4 Å². The molecule has 180 valence electrons. The van der Waals surface area contributed by atoms with E-state index in [0.717, 1.165) is 32.8 Å². The van der Waals surface area contributed by atoms with Gasteiger partial charge in [0.2, 0.25) is 11.8 Å². The number of nitrogens with one attached hydrogen (secondary N) is 3. The number of aliphatic imine (C=N–C) groups is 1. The molecule has 1 atom stereocenters. The Morgan fingerprint density at radius 2 is 1.74 bits per heavy atom. The van der Waals surface area contributed by atoms with Gasteiger partial charge < -0.3 is 27.1 Å². The van der Waals surface area contributed by atoms with E-state index >= 15 is 0 Å². The maximum atomic E-state index is 13.0. The number of fused-ring (bicyclic) bond motifs is 2. The Bertz CT molecular complexity index is 1360. The fourth-order valence-corrected chi connectivity index (χ4v) is 4.13. The fourth-order valence-electron chi connectivity index (χ4n) is 4.13. The number of aromatic nitrogens is 1. The molecule has 0 fully saturated rings. The Hall–Kier alpha value is -4.33. The van der Waals surface area contributed by atoms with E-state index in [1.165, 1.54) is 0 Å². The highest BCUT2D eigenvalue weighted by atomic mass is 16.2. The summed E-state index contributed by atoms with van der Waals surface area (Å²) >= 11 is 0. The van der Waals surface area contributed by atoms with Gasteiger partial charge in [0.1, 0.15) is 6.04 Å². The molecule has 0 aliphatic carbocycles. The largest absolute Gasteiger partial charge is 0.370 e. The molecule has 7 N–H and O–H groups in total. The van der Waals surface area contributed by atoms with Gasteiger partial charge in [-0.1, -0.05) is 60.7 Å². The maximum Gasteiger partial charge on any atom is 0.242 e. The molecule has 0 saturated carbocycles. The number of amides is 2. The molecule has 4 aromatic rings. The van der Waals surface area contributed by atoms with Crippen LogP contribution in [0.1, 0.15) is 17.5 Å². The molecule has 3 aromatic carbocycles. The Labute approximate surface area is 203 Å². The minimum Gasteiger partial charge on any atom is -0.370 e. The van der Waals surface area contributed by atoms with E-state index in [9.17, 15) is 9.59 Å². The van der Waals surface area contributed by atoms with Crippen LogP contribution in [0.15, 0.2) is 77.9 Å². The second-order valence-electron chi connectivity index (χ2n) is 8.49. The average molecular weight is 471 g/mol. The highest BCUT2D eigenvalue weighted by Gasteiger charge is 2.22. The van der Waals surface area contributed by atoms with Crippen LogP contribution in [0.4, 0.5) is 0 Å². The highest BCUT2D eigenvalue weighted by molar-refractivity contribution is 5.91. The normalized spacial score (nSPS) is 11.8. The van der Waals surface area contributed by atoms with E-state index in [4.69, 9.17) is 11.5 Å². The number of hydrogen-bond acceptors (Lipinski definition) is 3. The molecule has 0 radical (unpaired) electrons. The standard InChI is InChI=1S/C27H30N6O2/c28-27(29)31-13-5-12-30-26(35)24(16-21-17-32-23-9-4-3-8-22(21)23)33-25(34)15-18-10-11-19-6-1-2-7-20(19)14-18/h1-4,6-11,14,17,24,32H,5,12-13,15-16H2,(H,30,35)(H,33,34)(H4,28,29,31). The first-order valence-electron chi connectivity index (χ1n) is 11.6. The lowest BCUT2D eigenvalue weighted by molar-refractivity contribution is -0.128. The Morgan fingerprint density at radius 3 is 2.57 bits per heavy atom. The lowest BCUT2D eigenvalue weighted by Crippen LogP contribution is -2.48. The molecule has 8 heteroatoms. The summed E-state index contributed by atoms with van der Waals surface area (Å²) in [7, 11) is 0. The smallest absolute Gasteiger partial charge is 0.242 e. The molecule has 1 heterocycles. The predicted molar refractivity (Wildman–Crippen MR) is 140 cm³/mol. The summed E-state index contributed by atoms with van der Waals surface area (Å²) in [5, 5.41) is 9.06. The predicted octanol–water partition coefficient (Wildman–Crippen LogP) is 2.37. The Morgan fingerprint density at radius 1 is 0.971 bits per heavy atom. The van der Waals surface area contributed by atoms with Gasteiger partial charge in [0, 0.05) is 36.6 Å². The van der Waals surface area contributed by atoms with Crippen LogP contribution in [-0.2, 0) is 22.4 Å². The Kier molecular flexibility index (Phi) is 7.62. The average Bonchev–Trinajstić information content (AvgIpc) is 3.26. The molecular weight excluding hydrogens is 440 g/mol. The molecule has 0 saturated heterocycles. The van der Waals surface area contributed by atoms with Crippen LogP contribution in [0.5, 0.6) is 0 Å². The summed E-state index contributed by atoms with van der Waals surface area (Å²) in [5.41, 5.74) is 13.5. The van der Waals surface area contributed by atoms with Crippen molar-refractivity contribution in [3.05, 3.63) is 84.1 Å². The van der Waals surface area contributed by atoms with E-state index < -0.39 is 6.04 Å². The second kappa shape index (κ2) is 11.2. The minimum absolute atomic E-state index is 0.0227. The zero-order chi connectivity index (χ0) is 24.6. The van der Waals surface area contributed by atoms with Crippen LogP contribution >= 0.6 is 0 Å². The monoisotopic (exact) mass is 470 g/mol. The van der Waals surface area contributed by atoms with Crippen molar-refractivity contribution in [2.24, 2.45) is 16.5 Å². The molecule has 1 unspecified atom stereocenters. The summed E-state index contributed by atoms with van der Waals surface area (Å²) in [6, 6.07) is 21.1. The van der Waals surface area contributed by atoms with Gasteiger partial charge in [0.25, 0.3) is 0 Å². The van der Waals surface area contributed by atoms with Crippen molar-refractivity contribution in [1.29, 1.82) is 0 Å². The van der Waals surface area contributed by atoms with Gasteiger partial charge in [-0.2, -0.15) is 0 Å². The van der Waals surface area contributed by atoms with Crippen LogP contribution in [0.3, 0.4) is 0 Å². The van der Waals surface area contributed by atoms with Gasteiger partial charge in [-0.3, -0.25) is 14.6 Å². The van der Waals surface area contributed by atoms with Crippen LogP contribution in [0.25, 0.3) is 21.7 Å². The molecule has 0 aliphatic rings. The van der Waals surface area contributed by atoms with Crippen molar-refractivity contribution in [3.63, 3.8) is 0 Å². The molecule has 35 heavy (non-hydrogen) atoms. The van der Waals surface area contributed by atoms with Crippen molar-refractivity contribution in [2.75, 3.05) is 13.1 Å². The quantitative estimate of drug-likeness (QED) is 0.138. The fraction of sp³-hybridized carbons (Fsp3) is 0.222. The number of carbonyl (C=O) groups excluding carboxylic acids is 2. The van der Waals surface area contributed by atoms with Crippen LogP contribution in [0, 0.1) is 0 Å². The number of nitrogens with two attached hydrogens (primary N) is 2. The van der Waals surface area contributed by atoms with Crippen molar-refractivity contribution in [1.82, 2.24) is 15.6 Å². The number of hydrogen-bond donors (Lipinski definition) is 5. The number of H-pyrrole nitrogens is 1. The van der Waals surface area contributed by atoms with Crippen molar-refractivity contribution in [3.8, 4) is 0 Å². The van der Waals surface area contributed by atoms with Gasteiger partial charge in [-0.15, -0.1) is 0 Å². The van der Waals surface area contributed by atoms with Gasteiger partial charge in [0.15, 0.2) is 5.96 Å². The summed E-state index contributed by atoms with van der Waals surface area (Å²) in [5.74, 6) is -0.429. The SMILES string of the molecule is NC(N)=NCCCNC(=O)C(Cc1c[nH]c2ccccc12)NC(=O)Cc1ccc2ccccc2c1. The lowest BCUT2D eigenvalue weighted by Gasteiger charge is -2.18. The van der Waals surface area contributed by atoms with E-state index in [1.54, 1.807) is 0 Å². The van der Waals surface area contributed by atoms with Crippen LogP contribution in [0.2, 0.25) is 0 Å². The Balaban J connectivity index is 1.45. The second-order valence-corrected chi connectivity index (χ2v) is 8.49. The third-order valence-electron chi connectivity index (χ3n) is 5.86. The van der Waals surface area contributed by atoms with Crippen molar-refractivity contribution in [2.45, 2.75) is 25.3 Å². The molecule has 0 bridgehead atoms. The van der Waals surface area contributed by atoms with Crippen molar-refractivity contribution < 1.29 is 9.59 Å². The van der Waals surface area contributed by atoms with Gasteiger partial charge in [0.05, 0.1) is 6.42 Å². The van der Waals surface area contributed by atoms with Gasteiger partial charge in [-0.05, 0) is 34.4 Å². The zero-order valence-electron chi connectivity index (χ0n) is 19.5. The summed E-state index contributed by atoms with van der Waals surface area (Å²) < 4.78 is 0. The minimum atomic E-state index is -0.717. The molecular formula is C27H30N6O2. The maximum absolute atomic E-state index is 13.0. The highest BCUT2D eigenvalue weighted by Crippen LogP contribution is 2.20. The molecule has 0 aliphatic heterocycles. The third-order valence-corrected chi connectivity index (χ3v) is 5.86. The van der Waals surface area contributed by atoms with E-state index in [-0.39, 0.29) is 24.2 Å². The zero-order valence-corrected chi connectivity index (χ0v) is 19.5. The number of benzene rings is 3. The van der Waals surface area contributed by atoms with E-state index in [0.29, 0.717) is 25.9 Å². The first-order valence-corrected chi connectivity index (χ1v) is 11.6. The number of carbonyl (C=O) groups is 2. The summed E-state index contributed by atoms with van der Waals surface area (Å²) in [6.07, 6.45) is 3.04. The van der Waals surface area contributed by atoms with E-state index in [2.05, 4.69) is 20.6 Å². The molecule has 2 amide bonds. The van der Waals surface area contributed by atoms with Crippen LogP contribution in [-0.4, -0.2) is 41.9 Å². The van der Waals surface area contributed by atoms with E-state index in [1.807, 2.05) is 72.9 Å². The lowest BCUT2D eigenvalue weighted by atomic mass is 10.0. The molecule has 1 aromatic heterocycles. The summed E-state index contributed by atoms with van der Waals surface area (Å²) in [6.45, 7) is 0.824. The van der Waals surface area contributed by atoms with Gasteiger partial charge >= 0.3 is 0 Å². The van der Waals surface area contributed by atoms with Crippen LogP contribution < -0.4 is 22.1 Å².